The third-order valence-corrected chi connectivity index (χ3v) is 5.29. The van der Waals surface area contributed by atoms with Gasteiger partial charge in [0, 0.05) is 21.7 Å². The third-order valence-electron chi connectivity index (χ3n) is 3.67. The van der Waals surface area contributed by atoms with Crippen LogP contribution in [-0.2, 0) is 11.3 Å². The highest BCUT2D eigenvalue weighted by molar-refractivity contribution is 8.18. The zero-order valence-corrected chi connectivity index (χ0v) is 15.3. The number of carbonyl (C=O) groups is 2. The standard InChI is InChI=1S/C17H10Cl2N2O4S/c18-12-5-3-6-13(19)11(12)9-20-16(22)15(26-17(20)23)8-10-4-1-2-7-14(10)21(24)25/h1-8H,9H2/b15-8+. The van der Waals surface area contributed by atoms with Gasteiger partial charge >= 0.3 is 0 Å². The second-order valence-corrected chi connectivity index (χ2v) is 7.09. The summed E-state index contributed by atoms with van der Waals surface area (Å²) in [6, 6.07) is 10.9. The number of benzene rings is 2. The smallest absolute Gasteiger partial charge is 0.268 e. The fourth-order valence-electron chi connectivity index (χ4n) is 2.39. The number of para-hydroxylation sites is 1. The normalized spacial score (nSPS) is 15.8. The van der Waals surface area contributed by atoms with Gasteiger partial charge in [0.05, 0.1) is 21.9 Å². The number of halogens is 2. The number of thioether (sulfide) groups is 1. The predicted molar refractivity (Wildman–Crippen MR) is 101 cm³/mol. The largest absolute Gasteiger partial charge is 0.293 e. The van der Waals surface area contributed by atoms with Gasteiger partial charge in [0.2, 0.25) is 0 Å². The minimum atomic E-state index is -0.547. The van der Waals surface area contributed by atoms with E-state index in [1.54, 1.807) is 24.3 Å². The second kappa shape index (κ2) is 7.49. The molecule has 2 aromatic rings. The van der Waals surface area contributed by atoms with Crippen molar-refractivity contribution in [1.82, 2.24) is 4.90 Å². The molecule has 0 saturated carbocycles. The van der Waals surface area contributed by atoms with Crippen molar-refractivity contribution >= 4 is 57.9 Å². The maximum atomic E-state index is 12.6. The molecule has 132 valence electrons. The van der Waals surface area contributed by atoms with Crippen molar-refractivity contribution in [3.05, 3.63) is 78.7 Å². The molecule has 1 fully saturated rings. The lowest BCUT2D eigenvalue weighted by molar-refractivity contribution is -0.385. The van der Waals surface area contributed by atoms with Crippen LogP contribution >= 0.6 is 35.0 Å². The summed E-state index contributed by atoms with van der Waals surface area (Å²) in [7, 11) is 0. The highest BCUT2D eigenvalue weighted by atomic mass is 35.5. The van der Waals surface area contributed by atoms with Gasteiger partial charge < -0.3 is 0 Å². The average molecular weight is 409 g/mol. The Labute approximate surface area is 162 Å². The summed E-state index contributed by atoms with van der Waals surface area (Å²) < 4.78 is 0. The highest BCUT2D eigenvalue weighted by Gasteiger charge is 2.36. The Bertz CT molecular complexity index is 941. The number of amides is 2. The van der Waals surface area contributed by atoms with E-state index in [9.17, 15) is 19.7 Å². The summed E-state index contributed by atoms with van der Waals surface area (Å²) >= 11 is 12.9. The second-order valence-electron chi connectivity index (χ2n) is 5.28. The van der Waals surface area contributed by atoms with E-state index in [-0.39, 0.29) is 22.7 Å². The van der Waals surface area contributed by atoms with Crippen LogP contribution in [0, 0.1) is 10.1 Å². The minimum Gasteiger partial charge on any atom is -0.268 e. The average Bonchev–Trinajstić information content (AvgIpc) is 2.85. The fraction of sp³-hybridized carbons (Fsp3) is 0.0588. The molecule has 1 heterocycles. The lowest BCUT2D eigenvalue weighted by Crippen LogP contribution is -2.27. The molecule has 0 radical (unpaired) electrons. The van der Waals surface area contributed by atoms with Crippen LogP contribution in [0.5, 0.6) is 0 Å². The van der Waals surface area contributed by atoms with Crippen LogP contribution < -0.4 is 0 Å². The topological polar surface area (TPSA) is 80.5 Å². The van der Waals surface area contributed by atoms with E-state index in [2.05, 4.69) is 0 Å². The molecular weight excluding hydrogens is 399 g/mol. The molecule has 1 aliphatic rings. The number of imide groups is 1. The van der Waals surface area contributed by atoms with Gasteiger partial charge in [-0.3, -0.25) is 24.6 Å². The summed E-state index contributed by atoms with van der Waals surface area (Å²) in [5.74, 6) is -0.547. The number of rotatable bonds is 4. The molecule has 0 aromatic heterocycles. The number of carbonyl (C=O) groups excluding carboxylic acids is 2. The molecule has 1 saturated heterocycles. The van der Waals surface area contributed by atoms with Crippen LogP contribution in [0.1, 0.15) is 11.1 Å². The zero-order valence-electron chi connectivity index (χ0n) is 13.0. The van der Waals surface area contributed by atoms with Gasteiger partial charge in [0.15, 0.2) is 0 Å². The van der Waals surface area contributed by atoms with E-state index in [1.165, 1.54) is 24.3 Å². The predicted octanol–water partition coefficient (Wildman–Crippen LogP) is 5.14. The third kappa shape index (κ3) is 3.60. The van der Waals surface area contributed by atoms with Gasteiger partial charge in [-0.15, -0.1) is 0 Å². The van der Waals surface area contributed by atoms with Crippen molar-refractivity contribution in [3.8, 4) is 0 Å². The van der Waals surface area contributed by atoms with Gasteiger partial charge in [0.1, 0.15) is 0 Å². The number of nitro benzene ring substituents is 1. The minimum absolute atomic E-state index is 0.0720. The quantitative estimate of drug-likeness (QED) is 0.397. The summed E-state index contributed by atoms with van der Waals surface area (Å²) in [6.07, 6.45) is 1.34. The molecule has 26 heavy (non-hydrogen) atoms. The molecule has 0 atom stereocenters. The van der Waals surface area contributed by atoms with E-state index in [1.807, 2.05) is 0 Å². The van der Waals surface area contributed by atoms with Crippen LogP contribution in [-0.4, -0.2) is 21.0 Å². The molecule has 6 nitrogen and oxygen atoms in total. The molecule has 0 N–H and O–H groups in total. The molecule has 1 aliphatic heterocycles. The Morgan fingerprint density at radius 2 is 1.73 bits per heavy atom. The van der Waals surface area contributed by atoms with Crippen molar-refractivity contribution in [2.75, 3.05) is 0 Å². The van der Waals surface area contributed by atoms with E-state index in [0.29, 0.717) is 15.6 Å². The first kappa shape index (κ1) is 18.4. The van der Waals surface area contributed by atoms with Crippen molar-refractivity contribution in [1.29, 1.82) is 0 Å². The lowest BCUT2D eigenvalue weighted by atomic mass is 10.1. The SMILES string of the molecule is O=C1S/C(=C/c2ccccc2[N+](=O)[O-])C(=O)N1Cc1c(Cl)cccc1Cl. The maximum Gasteiger partial charge on any atom is 0.293 e. The summed E-state index contributed by atoms with van der Waals surface area (Å²) in [6.45, 7) is -0.0720. The van der Waals surface area contributed by atoms with Gasteiger partial charge in [0.25, 0.3) is 16.8 Å². The molecule has 0 aliphatic carbocycles. The molecule has 2 aromatic carbocycles. The molecule has 0 spiro atoms. The molecule has 0 unspecified atom stereocenters. The number of hydrogen-bond acceptors (Lipinski definition) is 5. The van der Waals surface area contributed by atoms with Gasteiger partial charge in [-0.25, -0.2) is 0 Å². The zero-order chi connectivity index (χ0) is 18.8. The maximum absolute atomic E-state index is 12.6. The first-order chi connectivity index (χ1) is 12.4. The number of hydrogen-bond donors (Lipinski definition) is 0. The van der Waals surface area contributed by atoms with Crippen molar-refractivity contribution in [3.63, 3.8) is 0 Å². The van der Waals surface area contributed by atoms with E-state index < -0.39 is 16.1 Å². The molecule has 9 heteroatoms. The summed E-state index contributed by atoms with van der Waals surface area (Å²) in [4.78, 5) is 36.5. The van der Waals surface area contributed by atoms with Crippen molar-refractivity contribution < 1.29 is 14.5 Å². The van der Waals surface area contributed by atoms with Crippen LogP contribution in [0.3, 0.4) is 0 Å². The highest BCUT2D eigenvalue weighted by Crippen LogP contribution is 2.36. The first-order valence-corrected chi connectivity index (χ1v) is 8.87. The van der Waals surface area contributed by atoms with Crippen LogP contribution in [0.15, 0.2) is 47.4 Å². The van der Waals surface area contributed by atoms with Crippen molar-refractivity contribution in [2.24, 2.45) is 0 Å². The van der Waals surface area contributed by atoms with Crippen molar-refractivity contribution in [2.45, 2.75) is 6.54 Å². The molecule has 3 rings (SSSR count). The Hall–Kier alpha value is -2.35. The van der Waals surface area contributed by atoms with E-state index >= 15 is 0 Å². The van der Waals surface area contributed by atoms with Crippen LogP contribution in [0.4, 0.5) is 10.5 Å². The fourth-order valence-corrected chi connectivity index (χ4v) is 3.74. The lowest BCUT2D eigenvalue weighted by Gasteiger charge is -2.14. The summed E-state index contributed by atoms with van der Waals surface area (Å²) in [5, 5.41) is 11.3. The Kier molecular flexibility index (Phi) is 5.31. The first-order valence-electron chi connectivity index (χ1n) is 7.30. The van der Waals surface area contributed by atoms with Crippen LogP contribution in [0.25, 0.3) is 6.08 Å². The molecule has 0 bridgehead atoms. The Balaban J connectivity index is 1.91. The molecule has 2 amide bonds. The van der Waals surface area contributed by atoms with Gasteiger partial charge in [-0.1, -0.05) is 41.4 Å². The van der Waals surface area contributed by atoms with E-state index in [4.69, 9.17) is 23.2 Å². The molecular formula is C17H10Cl2N2O4S. The van der Waals surface area contributed by atoms with Gasteiger partial charge in [-0.05, 0) is 36.0 Å². The monoisotopic (exact) mass is 408 g/mol. The van der Waals surface area contributed by atoms with Crippen LogP contribution in [0.2, 0.25) is 10.0 Å². The number of nitro groups is 1. The Morgan fingerprint density at radius 3 is 2.38 bits per heavy atom. The number of nitrogens with zero attached hydrogens (tertiary/aromatic N) is 2. The van der Waals surface area contributed by atoms with E-state index in [0.717, 1.165) is 16.7 Å². The van der Waals surface area contributed by atoms with Gasteiger partial charge in [-0.2, -0.15) is 0 Å². The Morgan fingerprint density at radius 1 is 1.08 bits per heavy atom. The summed E-state index contributed by atoms with van der Waals surface area (Å²) in [5.41, 5.74) is 0.567.